The van der Waals surface area contributed by atoms with Crippen LogP contribution in [0.5, 0.6) is 5.75 Å². The van der Waals surface area contributed by atoms with Crippen LogP contribution in [0.4, 0.5) is 10.5 Å². The smallest absolute Gasteiger partial charge is 0.319 e. The van der Waals surface area contributed by atoms with Crippen molar-refractivity contribution in [2.24, 2.45) is 0 Å². The number of nitrogens with one attached hydrogen (secondary N) is 2. The molecule has 8 heteroatoms. The number of benzene rings is 2. The number of carbonyl (C=O) groups excluding carboxylic acids is 1. The number of carbonyl (C=O) groups is 1. The number of urea groups is 1. The van der Waals surface area contributed by atoms with Crippen LogP contribution in [0, 0.1) is 0 Å². The van der Waals surface area contributed by atoms with Crippen molar-refractivity contribution < 1.29 is 24.1 Å². The maximum Gasteiger partial charge on any atom is 0.319 e. The molecule has 2 heterocycles. The number of anilines is 1. The van der Waals surface area contributed by atoms with Crippen LogP contribution in [-0.4, -0.2) is 54.6 Å². The van der Waals surface area contributed by atoms with Crippen LogP contribution in [-0.2, 0) is 9.47 Å². The quantitative estimate of drug-likeness (QED) is 0.712. The lowest BCUT2D eigenvalue weighted by atomic mass is 10.00. The van der Waals surface area contributed by atoms with Crippen LogP contribution in [0.3, 0.4) is 0 Å². The molecule has 2 aromatic rings. The van der Waals surface area contributed by atoms with Crippen molar-refractivity contribution in [1.82, 2.24) is 5.32 Å². The second-order valence-electron chi connectivity index (χ2n) is 6.62. The van der Waals surface area contributed by atoms with Gasteiger partial charge in [-0.05, 0) is 36.4 Å². The Balaban J connectivity index is 1.42. The summed E-state index contributed by atoms with van der Waals surface area (Å²) in [6, 6.07) is 15.8. The molecule has 0 unspecified atom stereocenters. The van der Waals surface area contributed by atoms with Crippen LogP contribution in [0.2, 0.25) is 0 Å². The first-order valence-electron chi connectivity index (χ1n) is 9.02. The van der Waals surface area contributed by atoms with Crippen LogP contribution in [0.25, 0.3) is 0 Å². The van der Waals surface area contributed by atoms with Gasteiger partial charge in [-0.2, -0.15) is 0 Å². The van der Waals surface area contributed by atoms with Gasteiger partial charge in [0.2, 0.25) is 0 Å². The molecule has 5 atom stereocenters. The van der Waals surface area contributed by atoms with Gasteiger partial charge in [0.25, 0.3) is 0 Å². The number of methoxy groups -OCH3 is 1. The lowest BCUT2D eigenvalue weighted by Gasteiger charge is -2.38. The van der Waals surface area contributed by atoms with Gasteiger partial charge in [-0.15, -0.1) is 11.8 Å². The minimum absolute atomic E-state index is 0.334. The summed E-state index contributed by atoms with van der Waals surface area (Å²) in [6.45, 7) is 0.334. The van der Waals surface area contributed by atoms with Crippen molar-refractivity contribution in [3.63, 3.8) is 0 Å². The number of ether oxygens (including phenoxy) is 3. The Kier molecular flexibility index (Phi) is 5.72. The van der Waals surface area contributed by atoms with Gasteiger partial charge in [-0.3, -0.25) is 0 Å². The van der Waals surface area contributed by atoms with Crippen LogP contribution >= 0.6 is 11.8 Å². The average Bonchev–Trinajstić information content (AvgIpc) is 3.16. The van der Waals surface area contributed by atoms with E-state index in [2.05, 4.69) is 10.6 Å². The Bertz CT molecular complexity index is 804. The molecule has 0 spiro atoms. The van der Waals surface area contributed by atoms with Gasteiger partial charge < -0.3 is 30.0 Å². The fourth-order valence-electron chi connectivity index (χ4n) is 3.34. The standard InChI is InChI=1S/C20H22N2O5S/c1-25-13-9-7-12(8-10-13)21-20(24)22-16-15-11-26-19(27-15)18(17(16)23)28-14-5-3-2-4-6-14/h2-10,15-19,23H,11H2,1H3,(H2,21,22,24)/t15-,16-,17+,18-,19-/m1/s1. The Morgan fingerprint density at radius 2 is 1.93 bits per heavy atom. The fraction of sp³-hybridized carbons (Fsp3) is 0.350. The van der Waals surface area contributed by atoms with E-state index in [1.165, 1.54) is 11.8 Å². The molecule has 3 N–H and O–H groups in total. The maximum absolute atomic E-state index is 12.5. The topological polar surface area (TPSA) is 89.1 Å². The minimum Gasteiger partial charge on any atom is -0.497 e. The zero-order valence-corrected chi connectivity index (χ0v) is 16.1. The molecule has 2 aromatic carbocycles. The number of hydrogen-bond acceptors (Lipinski definition) is 6. The summed E-state index contributed by atoms with van der Waals surface area (Å²) in [5.74, 6) is 0.706. The number of aliphatic hydroxyl groups is 1. The van der Waals surface area contributed by atoms with E-state index < -0.39 is 24.5 Å². The zero-order chi connectivity index (χ0) is 19.5. The first-order chi connectivity index (χ1) is 13.6. The Labute approximate surface area is 167 Å². The van der Waals surface area contributed by atoms with E-state index in [0.29, 0.717) is 18.0 Å². The molecule has 2 saturated heterocycles. The van der Waals surface area contributed by atoms with Gasteiger partial charge in [0.05, 0.1) is 31.1 Å². The summed E-state index contributed by atoms with van der Waals surface area (Å²) < 4.78 is 16.7. The van der Waals surface area contributed by atoms with Crippen molar-refractivity contribution in [3.05, 3.63) is 54.6 Å². The molecule has 148 valence electrons. The fourth-order valence-corrected chi connectivity index (χ4v) is 4.53. The number of rotatable bonds is 5. The van der Waals surface area contributed by atoms with Gasteiger partial charge in [0, 0.05) is 10.6 Å². The molecule has 4 rings (SSSR count). The highest BCUT2D eigenvalue weighted by molar-refractivity contribution is 8.00. The summed E-state index contributed by atoms with van der Waals surface area (Å²) in [5.41, 5.74) is 0.625. The second kappa shape index (κ2) is 8.40. The number of amides is 2. The summed E-state index contributed by atoms with van der Waals surface area (Å²) in [5, 5.41) is 16.2. The summed E-state index contributed by atoms with van der Waals surface area (Å²) in [6.07, 6.45) is -1.68. The second-order valence-corrected chi connectivity index (χ2v) is 7.87. The van der Waals surface area contributed by atoms with E-state index in [1.807, 2.05) is 30.3 Å². The number of hydrogen-bond donors (Lipinski definition) is 3. The number of aliphatic hydroxyl groups excluding tert-OH is 1. The van der Waals surface area contributed by atoms with Crippen LogP contribution in [0.1, 0.15) is 0 Å². The van der Waals surface area contributed by atoms with Crippen LogP contribution in [0.15, 0.2) is 59.5 Å². The predicted molar refractivity (Wildman–Crippen MR) is 106 cm³/mol. The maximum atomic E-state index is 12.5. The average molecular weight is 402 g/mol. The van der Waals surface area contributed by atoms with E-state index in [0.717, 1.165) is 4.90 Å². The Morgan fingerprint density at radius 3 is 2.64 bits per heavy atom. The van der Waals surface area contributed by atoms with Crippen LogP contribution < -0.4 is 15.4 Å². The molecule has 7 nitrogen and oxygen atoms in total. The van der Waals surface area contributed by atoms with Gasteiger partial charge in [-0.1, -0.05) is 18.2 Å². The normalized spacial score (nSPS) is 28.6. The molecule has 0 saturated carbocycles. The van der Waals surface area contributed by atoms with Crippen molar-refractivity contribution >= 4 is 23.5 Å². The van der Waals surface area contributed by atoms with Gasteiger partial charge in [0.1, 0.15) is 11.9 Å². The number of thioether (sulfide) groups is 1. The number of fused-ring (bicyclic) bond motifs is 2. The van der Waals surface area contributed by atoms with E-state index in [-0.39, 0.29) is 11.4 Å². The highest BCUT2D eigenvalue weighted by Gasteiger charge is 2.51. The highest BCUT2D eigenvalue weighted by Crippen LogP contribution is 2.38. The molecule has 2 aliphatic heterocycles. The summed E-state index contributed by atoms with van der Waals surface area (Å²) in [4.78, 5) is 13.5. The lowest BCUT2D eigenvalue weighted by Crippen LogP contribution is -2.60. The van der Waals surface area contributed by atoms with Crippen molar-refractivity contribution in [2.45, 2.75) is 34.7 Å². The third-order valence-corrected chi connectivity index (χ3v) is 6.09. The first kappa shape index (κ1) is 19.1. The molecule has 2 bridgehead atoms. The molecule has 2 amide bonds. The lowest BCUT2D eigenvalue weighted by molar-refractivity contribution is -0.121. The molecular formula is C20H22N2O5S. The van der Waals surface area contributed by atoms with Crippen molar-refractivity contribution in [3.8, 4) is 5.75 Å². The van der Waals surface area contributed by atoms with Crippen molar-refractivity contribution in [1.29, 1.82) is 0 Å². The molecule has 0 radical (unpaired) electrons. The summed E-state index contributed by atoms with van der Waals surface area (Å²) in [7, 11) is 1.58. The van der Waals surface area contributed by atoms with E-state index in [4.69, 9.17) is 14.2 Å². The monoisotopic (exact) mass is 402 g/mol. The first-order valence-corrected chi connectivity index (χ1v) is 9.90. The predicted octanol–water partition coefficient (Wildman–Crippen LogP) is 2.46. The molecule has 28 heavy (non-hydrogen) atoms. The SMILES string of the molecule is COc1ccc(NC(=O)N[C@H]2[C@H](O)[C@@H](Sc3ccccc3)[C@@H]3OC[C@H]2O3)cc1. The van der Waals surface area contributed by atoms with Gasteiger partial charge in [0.15, 0.2) is 6.29 Å². The third kappa shape index (κ3) is 4.10. The van der Waals surface area contributed by atoms with Gasteiger partial charge >= 0.3 is 6.03 Å². The Hall–Kier alpha value is -2.26. The molecular weight excluding hydrogens is 380 g/mol. The van der Waals surface area contributed by atoms with Crippen molar-refractivity contribution in [2.75, 3.05) is 19.0 Å². The molecule has 0 aromatic heterocycles. The molecule has 2 aliphatic rings. The van der Waals surface area contributed by atoms with E-state index >= 15 is 0 Å². The van der Waals surface area contributed by atoms with E-state index in [9.17, 15) is 9.90 Å². The van der Waals surface area contributed by atoms with Gasteiger partial charge in [-0.25, -0.2) is 4.79 Å². The zero-order valence-electron chi connectivity index (χ0n) is 15.3. The highest BCUT2D eigenvalue weighted by atomic mass is 32.2. The molecule has 2 fully saturated rings. The minimum atomic E-state index is -0.807. The molecule has 0 aliphatic carbocycles. The largest absolute Gasteiger partial charge is 0.497 e. The van der Waals surface area contributed by atoms with E-state index in [1.54, 1.807) is 31.4 Å². The summed E-state index contributed by atoms with van der Waals surface area (Å²) >= 11 is 1.49. The third-order valence-electron chi connectivity index (χ3n) is 4.77. The Morgan fingerprint density at radius 1 is 1.18 bits per heavy atom.